The number of nitrogens with one attached hydrogen (secondary N) is 1. The number of esters is 1. The second-order valence-electron chi connectivity index (χ2n) is 8.34. The summed E-state index contributed by atoms with van der Waals surface area (Å²) in [6.45, 7) is 10.9. The Morgan fingerprint density at radius 3 is 2.26 bits per heavy atom. The number of benzene rings is 2. The third-order valence-corrected chi connectivity index (χ3v) is 6.94. The lowest BCUT2D eigenvalue weighted by Crippen LogP contribution is -2.28. The molecule has 1 heterocycles. The summed E-state index contributed by atoms with van der Waals surface area (Å²) in [6, 6.07) is 12.2. The van der Waals surface area contributed by atoms with Crippen molar-refractivity contribution in [1.29, 1.82) is 0 Å². The number of carbonyl (C=O) groups is 2. The number of rotatable bonds is 11. The monoisotopic (exact) mass is 497 g/mol. The predicted octanol–water partition coefficient (Wildman–Crippen LogP) is 5.49. The van der Waals surface area contributed by atoms with Gasteiger partial charge in [-0.1, -0.05) is 32.0 Å². The highest BCUT2D eigenvalue weighted by Crippen LogP contribution is 2.46. The smallest absolute Gasteiger partial charge is 0.341 e. The van der Waals surface area contributed by atoms with Crippen molar-refractivity contribution in [1.82, 2.24) is 4.90 Å². The molecule has 35 heavy (non-hydrogen) atoms. The Morgan fingerprint density at radius 2 is 1.69 bits per heavy atom. The zero-order chi connectivity index (χ0) is 25.5. The normalized spacial score (nSPS) is 11.1. The Labute approximate surface area is 211 Å². The second kappa shape index (κ2) is 12.0. The molecule has 1 N–H and O–H groups in total. The van der Waals surface area contributed by atoms with Crippen molar-refractivity contribution in [3.8, 4) is 16.9 Å². The van der Waals surface area contributed by atoms with Crippen molar-refractivity contribution in [3.05, 3.63) is 42.0 Å². The average molecular weight is 498 g/mol. The summed E-state index contributed by atoms with van der Waals surface area (Å²) in [5, 5.41) is 3.99. The van der Waals surface area contributed by atoms with E-state index in [2.05, 4.69) is 53.2 Å². The Hall–Kier alpha value is -3.10. The molecule has 188 valence electrons. The minimum absolute atomic E-state index is 0.245. The molecule has 1 aromatic heterocycles. The Morgan fingerprint density at radius 1 is 1.00 bits per heavy atom. The lowest BCUT2D eigenvalue weighted by molar-refractivity contribution is -0.114. The molecule has 0 aliphatic carbocycles. The van der Waals surface area contributed by atoms with Gasteiger partial charge in [-0.25, -0.2) is 4.79 Å². The van der Waals surface area contributed by atoms with Crippen molar-refractivity contribution < 1.29 is 19.1 Å². The number of anilines is 2. The van der Waals surface area contributed by atoms with E-state index >= 15 is 0 Å². The molecule has 0 unspecified atom stereocenters. The van der Waals surface area contributed by atoms with Gasteiger partial charge in [0.2, 0.25) is 5.91 Å². The van der Waals surface area contributed by atoms with Gasteiger partial charge in [-0.3, -0.25) is 4.79 Å². The van der Waals surface area contributed by atoms with Crippen molar-refractivity contribution in [2.24, 2.45) is 0 Å². The number of hydrogen-bond donors (Lipinski definition) is 1. The van der Waals surface area contributed by atoms with Gasteiger partial charge in [-0.2, -0.15) is 0 Å². The Bertz CT molecular complexity index is 1170. The first kappa shape index (κ1) is 26.5. The molecule has 0 spiro atoms. The van der Waals surface area contributed by atoms with Crippen LogP contribution in [0.5, 0.6) is 5.75 Å². The minimum Gasteiger partial charge on any atom is -0.490 e. The van der Waals surface area contributed by atoms with Gasteiger partial charge < -0.3 is 24.6 Å². The largest absolute Gasteiger partial charge is 0.490 e. The predicted molar refractivity (Wildman–Crippen MR) is 145 cm³/mol. The van der Waals surface area contributed by atoms with Gasteiger partial charge >= 0.3 is 5.97 Å². The summed E-state index contributed by atoms with van der Waals surface area (Å²) in [7, 11) is 4.02. The number of thiophene rings is 1. The molecule has 7 nitrogen and oxygen atoms in total. The van der Waals surface area contributed by atoms with Crippen molar-refractivity contribution >= 4 is 44.0 Å². The lowest BCUT2D eigenvalue weighted by Gasteiger charge is -2.20. The molecule has 0 aliphatic heterocycles. The van der Waals surface area contributed by atoms with Crippen molar-refractivity contribution in [2.75, 3.05) is 57.2 Å². The summed E-state index contributed by atoms with van der Waals surface area (Å²) in [5.74, 6) is 0.00434. The quantitative estimate of drug-likeness (QED) is 0.353. The van der Waals surface area contributed by atoms with E-state index in [0.29, 0.717) is 28.3 Å². The van der Waals surface area contributed by atoms with Crippen LogP contribution in [0.4, 0.5) is 10.7 Å². The van der Waals surface area contributed by atoms with Crippen LogP contribution in [0, 0.1) is 0 Å². The van der Waals surface area contributed by atoms with E-state index in [1.807, 2.05) is 26.2 Å². The van der Waals surface area contributed by atoms with Crippen LogP contribution in [0.2, 0.25) is 0 Å². The maximum absolute atomic E-state index is 12.9. The van der Waals surface area contributed by atoms with E-state index in [1.165, 1.54) is 18.3 Å². The summed E-state index contributed by atoms with van der Waals surface area (Å²) in [5.41, 5.74) is 3.42. The zero-order valence-corrected chi connectivity index (χ0v) is 22.3. The van der Waals surface area contributed by atoms with Gasteiger partial charge in [0, 0.05) is 44.2 Å². The van der Waals surface area contributed by atoms with Gasteiger partial charge in [0.15, 0.2) is 0 Å². The molecular weight excluding hydrogens is 462 g/mol. The van der Waals surface area contributed by atoms with E-state index in [4.69, 9.17) is 9.47 Å². The number of likely N-dealkylation sites (N-methyl/N-ethyl adjacent to an activating group) is 1. The molecule has 0 saturated carbocycles. The van der Waals surface area contributed by atoms with Crippen molar-refractivity contribution in [2.45, 2.75) is 27.7 Å². The first-order valence-corrected chi connectivity index (χ1v) is 12.8. The molecule has 0 bridgehead atoms. The van der Waals surface area contributed by atoms with Gasteiger partial charge in [-0.05, 0) is 43.8 Å². The second-order valence-corrected chi connectivity index (χ2v) is 9.36. The van der Waals surface area contributed by atoms with Gasteiger partial charge in [0.25, 0.3) is 0 Å². The lowest BCUT2D eigenvalue weighted by atomic mass is 10.0. The van der Waals surface area contributed by atoms with E-state index < -0.39 is 5.97 Å². The average Bonchev–Trinajstić information content (AvgIpc) is 3.19. The van der Waals surface area contributed by atoms with Crippen molar-refractivity contribution in [3.63, 3.8) is 0 Å². The van der Waals surface area contributed by atoms with Gasteiger partial charge in [0.1, 0.15) is 22.9 Å². The highest BCUT2D eigenvalue weighted by atomic mass is 32.1. The van der Waals surface area contributed by atoms with E-state index in [9.17, 15) is 9.59 Å². The summed E-state index contributed by atoms with van der Waals surface area (Å²) in [6.07, 6.45) is 0. The highest BCUT2D eigenvalue weighted by molar-refractivity contribution is 7.24. The molecule has 3 aromatic rings. The van der Waals surface area contributed by atoms with Crippen LogP contribution in [-0.4, -0.2) is 63.7 Å². The summed E-state index contributed by atoms with van der Waals surface area (Å²) >= 11 is 1.34. The van der Waals surface area contributed by atoms with Crippen LogP contribution in [0.1, 0.15) is 38.1 Å². The Kier molecular flexibility index (Phi) is 9.12. The van der Waals surface area contributed by atoms with E-state index in [-0.39, 0.29) is 12.5 Å². The van der Waals surface area contributed by atoms with Crippen LogP contribution < -0.4 is 15.0 Å². The molecule has 0 radical (unpaired) electrons. The van der Waals surface area contributed by atoms with E-state index in [1.54, 1.807) is 6.92 Å². The van der Waals surface area contributed by atoms with Crippen LogP contribution in [0.25, 0.3) is 21.2 Å². The SMILES string of the molecule is CCOC(=O)c1c(NC(C)=O)sc2c(OCCN(CC)CC)c(-c3ccc(N(C)C)cc3)ccc12. The van der Waals surface area contributed by atoms with Crippen LogP contribution in [-0.2, 0) is 9.53 Å². The number of carbonyl (C=O) groups excluding carboxylic acids is 2. The number of ether oxygens (including phenoxy) is 2. The van der Waals surface area contributed by atoms with Gasteiger partial charge in [-0.15, -0.1) is 11.3 Å². The summed E-state index contributed by atoms with van der Waals surface area (Å²) in [4.78, 5) is 29.1. The van der Waals surface area contributed by atoms with Crippen LogP contribution >= 0.6 is 11.3 Å². The topological polar surface area (TPSA) is 71.1 Å². The fraction of sp³-hybridized carbons (Fsp3) is 0.407. The molecule has 0 atom stereocenters. The molecule has 3 rings (SSSR count). The third-order valence-electron chi connectivity index (χ3n) is 5.82. The fourth-order valence-electron chi connectivity index (χ4n) is 3.92. The van der Waals surface area contributed by atoms with E-state index in [0.717, 1.165) is 41.1 Å². The fourth-order valence-corrected chi connectivity index (χ4v) is 5.15. The molecule has 1 amide bonds. The van der Waals surface area contributed by atoms with Gasteiger partial charge in [0.05, 0.1) is 11.3 Å². The maximum Gasteiger partial charge on any atom is 0.341 e. The third kappa shape index (κ3) is 6.13. The number of fused-ring (bicyclic) bond motifs is 1. The van der Waals surface area contributed by atoms with Crippen LogP contribution in [0.3, 0.4) is 0 Å². The number of nitrogens with zero attached hydrogens (tertiary/aromatic N) is 2. The number of amides is 1. The molecule has 2 aromatic carbocycles. The molecule has 0 aliphatic rings. The highest BCUT2D eigenvalue weighted by Gasteiger charge is 2.25. The molecule has 0 fully saturated rings. The first-order valence-electron chi connectivity index (χ1n) is 12.0. The molecular formula is C27H35N3O4S. The minimum atomic E-state index is -0.459. The zero-order valence-electron chi connectivity index (χ0n) is 21.4. The van der Waals surface area contributed by atoms with Crippen LogP contribution in [0.15, 0.2) is 36.4 Å². The summed E-state index contributed by atoms with van der Waals surface area (Å²) < 4.78 is 12.5. The Balaban J connectivity index is 2.16. The molecule has 8 heteroatoms. The first-order chi connectivity index (χ1) is 16.8. The number of hydrogen-bond acceptors (Lipinski definition) is 7. The molecule has 0 saturated heterocycles. The maximum atomic E-state index is 12.9. The standard InChI is InChI=1S/C27H35N3O4S/c1-7-30(8-2)16-17-34-24-21(19-10-12-20(13-11-19)29(5)6)14-15-22-23(27(32)33-9-3)26(28-18(4)31)35-25(22)24/h10-15H,7-9,16-17H2,1-6H3,(H,28,31).